The summed E-state index contributed by atoms with van der Waals surface area (Å²) in [5.74, 6) is 0.449. The number of nitrogens with two attached hydrogens (primary N) is 1. The van der Waals surface area contributed by atoms with Crippen LogP contribution in [0.1, 0.15) is 71.3 Å². The van der Waals surface area contributed by atoms with E-state index in [1.165, 1.54) is 12.5 Å². The van der Waals surface area contributed by atoms with Gasteiger partial charge in [0.2, 0.25) is 0 Å². The van der Waals surface area contributed by atoms with Crippen molar-refractivity contribution in [2.45, 2.75) is 65.7 Å². The smallest absolute Gasteiger partial charge is 0.407 e. The van der Waals surface area contributed by atoms with Crippen LogP contribution in [0.3, 0.4) is 0 Å². The van der Waals surface area contributed by atoms with Gasteiger partial charge in [-0.15, -0.1) is 0 Å². The molecule has 0 unspecified atom stereocenters. The average Bonchev–Trinajstić information content (AvgIpc) is 2.63. The van der Waals surface area contributed by atoms with E-state index in [9.17, 15) is 0 Å². The zero-order valence-electron chi connectivity index (χ0n) is 17.2. The van der Waals surface area contributed by atoms with E-state index in [4.69, 9.17) is 15.0 Å². The van der Waals surface area contributed by atoms with Crippen LogP contribution < -0.4 is 16.5 Å². The Hall–Kier alpha value is -1.27. The van der Waals surface area contributed by atoms with Gasteiger partial charge in [0.1, 0.15) is 5.82 Å². The highest BCUT2D eigenvalue weighted by molar-refractivity contribution is 6.62. The molecular weight excluding hydrogens is 342 g/mol. The van der Waals surface area contributed by atoms with Crippen molar-refractivity contribution in [2.24, 2.45) is 11.3 Å². The molecule has 3 rings (SSSR count). The Balaban J connectivity index is 1.98. The average molecular weight is 376 g/mol. The van der Waals surface area contributed by atoms with Gasteiger partial charge >= 0.3 is 7.12 Å². The Kier molecular flexibility index (Phi) is 6.37. The van der Waals surface area contributed by atoms with Crippen LogP contribution in [0.25, 0.3) is 0 Å². The van der Waals surface area contributed by atoms with Crippen LogP contribution in [0.5, 0.6) is 0 Å². The van der Waals surface area contributed by atoms with Crippen molar-refractivity contribution in [2.75, 3.05) is 30.8 Å². The van der Waals surface area contributed by atoms with Crippen molar-refractivity contribution in [1.29, 1.82) is 0 Å². The summed E-state index contributed by atoms with van der Waals surface area (Å²) in [5.41, 5.74) is 9.32. The van der Waals surface area contributed by atoms with Gasteiger partial charge in [0, 0.05) is 30.6 Å². The van der Waals surface area contributed by atoms with Crippen LogP contribution in [0.2, 0.25) is 0 Å². The fourth-order valence-corrected chi connectivity index (χ4v) is 4.09. The maximum Gasteiger partial charge on any atom is 0.497 e. The molecule has 4 nitrogen and oxygen atoms in total. The van der Waals surface area contributed by atoms with Crippen molar-refractivity contribution in [3.8, 4) is 0 Å². The number of rotatable bonds is 5. The molecule has 1 aliphatic heterocycles. The lowest BCUT2D eigenvalue weighted by Gasteiger charge is -2.35. The highest BCUT2D eigenvalue weighted by Gasteiger charge is 2.39. The third kappa shape index (κ3) is 4.78. The molecule has 0 spiro atoms. The molecule has 1 saturated carbocycles. The monoisotopic (exact) mass is 376 g/mol. The molecule has 2 aliphatic rings. The number of hydrogen-bond donors (Lipinski definition) is 2. The molecule has 3 N–H and O–H groups in total. The molecule has 150 valence electrons. The third-order valence-corrected chi connectivity index (χ3v) is 5.60. The van der Waals surface area contributed by atoms with Gasteiger partial charge in [0.25, 0.3) is 0 Å². The van der Waals surface area contributed by atoms with Crippen LogP contribution in [0, 0.1) is 17.2 Å². The minimum Gasteiger partial charge on any atom is -0.407 e. The molecule has 1 aromatic rings. The first-order valence-corrected chi connectivity index (χ1v) is 10.4. The zero-order valence-corrected chi connectivity index (χ0v) is 17.2. The van der Waals surface area contributed by atoms with E-state index in [0.717, 1.165) is 37.8 Å². The van der Waals surface area contributed by atoms with Gasteiger partial charge in [-0.2, -0.15) is 0 Å². The standard InChI is InChI=1S/C21H34BFN2O2/c1-14(2)11-25-17-10-16(23)19(22-26-12-21(3,4)13-27-22)18(20(17)24)15-8-6-5-7-9-15/h10,14-15,25H,5-9,11-13,24H2,1-4H3. The summed E-state index contributed by atoms with van der Waals surface area (Å²) in [6.45, 7) is 10.3. The minimum atomic E-state index is -0.670. The predicted molar refractivity (Wildman–Crippen MR) is 111 cm³/mol. The number of nitrogen functional groups attached to an aromatic ring is 1. The van der Waals surface area contributed by atoms with Crippen molar-refractivity contribution in [3.63, 3.8) is 0 Å². The summed E-state index contributed by atoms with van der Waals surface area (Å²) in [6, 6.07) is 1.52. The number of nitrogens with one attached hydrogen (secondary N) is 1. The first-order chi connectivity index (χ1) is 12.8. The van der Waals surface area contributed by atoms with E-state index in [2.05, 4.69) is 33.0 Å². The van der Waals surface area contributed by atoms with E-state index in [0.29, 0.717) is 36.0 Å². The summed E-state index contributed by atoms with van der Waals surface area (Å²) >= 11 is 0. The maximum atomic E-state index is 15.3. The first kappa shape index (κ1) is 20.5. The lowest BCUT2D eigenvalue weighted by molar-refractivity contribution is 0.0339. The SMILES string of the molecule is CC(C)CNc1cc(F)c(B2OCC(C)(C)CO2)c(C2CCCCC2)c1N. The summed E-state index contributed by atoms with van der Waals surface area (Å²) in [6.07, 6.45) is 5.65. The summed E-state index contributed by atoms with van der Waals surface area (Å²) < 4.78 is 27.2. The largest absolute Gasteiger partial charge is 0.497 e. The fraction of sp³-hybridized carbons (Fsp3) is 0.714. The fourth-order valence-electron chi connectivity index (χ4n) is 4.09. The second-order valence-electron chi connectivity index (χ2n) is 9.37. The molecule has 27 heavy (non-hydrogen) atoms. The molecule has 0 atom stereocenters. The van der Waals surface area contributed by atoms with E-state index >= 15 is 4.39 Å². The summed E-state index contributed by atoms with van der Waals surface area (Å²) in [4.78, 5) is 0. The molecule has 0 amide bonds. The van der Waals surface area contributed by atoms with Crippen LogP contribution in [0.15, 0.2) is 6.07 Å². The van der Waals surface area contributed by atoms with Crippen LogP contribution >= 0.6 is 0 Å². The Morgan fingerprint density at radius 3 is 2.44 bits per heavy atom. The van der Waals surface area contributed by atoms with Crippen molar-refractivity contribution >= 4 is 24.0 Å². The number of hydrogen-bond acceptors (Lipinski definition) is 4. The Bertz CT molecular complexity index is 650. The highest BCUT2D eigenvalue weighted by Crippen LogP contribution is 2.38. The molecule has 1 saturated heterocycles. The first-order valence-electron chi connectivity index (χ1n) is 10.4. The molecule has 1 aromatic carbocycles. The van der Waals surface area contributed by atoms with E-state index in [1.54, 1.807) is 0 Å². The third-order valence-electron chi connectivity index (χ3n) is 5.60. The topological polar surface area (TPSA) is 56.5 Å². The Morgan fingerprint density at radius 1 is 1.22 bits per heavy atom. The molecule has 0 bridgehead atoms. The second-order valence-corrected chi connectivity index (χ2v) is 9.37. The molecule has 1 heterocycles. The Labute approximate surface area is 163 Å². The quantitative estimate of drug-likeness (QED) is 0.595. The van der Waals surface area contributed by atoms with Crippen molar-refractivity contribution in [3.05, 3.63) is 17.4 Å². The van der Waals surface area contributed by atoms with Crippen molar-refractivity contribution < 1.29 is 13.7 Å². The van der Waals surface area contributed by atoms with Crippen LogP contribution in [0.4, 0.5) is 15.8 Å². The molecule has 2 fully saturated rings. The van der Waals surface area contributed by atoms with Gasteiger partial charge in [-0.1, -0.05) is 47.0 Å². The number of benzene rings is 1. The molecular formula is C21H34BFN2O2. The van der Waals surface area contributed by atoms with Gasteiger partial charge in [-0.3, -0.25) is 0 Å². The van der Waals surface area contributed by atoms with Gasteiger partial charge in [-0.05, 0) is 36.3 Å². The van der Waals surface area contributed by atoms with Gasteiger partial charge < -0.3 is 20.4 Å². The molecule has 0 aromatic heterocycles. The van der Waals surface area contributed by atoms with Crippen LogP contribution in [-0.4, -0.2) is 26.9 Å². The lowest BCUT2D eigenvalue weighted by atomic mass is 9.68. The van der Waals surface area contributed by atoms with E-state index in [-0.39, 0.29) is 17.2 Å². The summed E-state index contributed by atoms with van der Waals surface area (Å²) in [7, 11) is -0.670. The maximum absolute atomic E-state index is 15.3. The number of anilines is 2. The van der Waals surface area contributed by atoms with Crippen molar-refractivity contribution in [1.82, 2.24) is 0 Å². The minimum absolute atomic E-state index is 0.0533. The lowest BCUT2D eigenvalue weighted by Crippen LogP contribution is -2.50. The molecule has 1 aliphatic carbocycles. The summed E-state index contributed by atoms with van der Waals surface area (Å²) in [5, 5.41) is 3.33. The van der Waals surface area contributed by atoms with Gasteiger partial charge in [0.15, 0.2) is 0 Å². The predicted octanol–water partition coefficient (Wildman–Crippen LogP) is 4.29. The normalized spacial score (nSPS) is 20.9. The highest BCUT2D eigenvalue weighted by atomic mass is 19.1. The second kappa shape index (κ2) is 8.40. The Morgan fingerprint density at radius 2 is 1.85 bits per heavy atom. The zero-order chi connectivity index (χ0) is 19.6. The van der Waals surface area contributed by atoms with Gasteiger partial charge in [0.05, 0.1) is 11.4 Å². The van der Waals surface area contributed by atoms with Gasteiger partial charge in [-0.25, -0.2) is 4.39 Å². The molecule has 6 heteroatoms. The molecule has 0 radical (unpaired) electrons. The van der Waals surface area contributed by atoms with Crippen LogP contribution in [-0.2, 0) is 9.31 Å². The van der Waals surface area contributed by atoms with E-state index in [1.807, 2.05) is 0 Å². The van der Waals surface area contributed by atoms with E-state index < -0.39 is 7.12 Å². The number of halogens is 1.